The number of hydrazone groups is 1. The molecule has 0 aliphatic heterocycles. The average Bonchev–Trinajstić information content (AvgIpc) is 2.47. The van der Waals surface area contributed by atoms with Crippen molar-refractivity contribution in [2.45, 2.75) is 20.8 Å². The van der Waals surface area contributed by atoms with Crippen molar-refractivity contribution in [3.8, 4) is 0 Å². The van der Waals surface area contributed by atoms with E-state index in [0.29, 0.717) is 5.71 Å². The third-order valence-electron chi connectivity index (χ3n) is 3.37. The Kier molecular flexibility index (Phi) is 4.49. The highest BCUT2D eigenvalue weighted by Crippen LogP contribution is 2.24. The van der Waals surface area contributed by atoms with E-state index >= 15 is 0 Å². The lowest BCUT2D eigenvalue weighted by molar-refractivity contribution is 0.458. The molecule has 0 spiro atoms. The van der Waals surface area contributed by atoms with Gasteiger partial charge in [0.25, 0.3) is 0 Å². The first-order chi connectivity index (χ1) is 10.3. The quantitative estimate of drug-likeness (QED) is 0.378. The van der Waals surface area contributed by atoms with Crippen molar-refractivity contribution in [3.63, 3.8) is 0 Å². The molecule has 0 aromatic heterocycles. The highest BCUT2D eigenvalue weighted by atomic mass is 19.2. The van der Waals surface area contributed by atoms with Crippen LogP contribution in [0.15, 0.2) is 29.4 Å². The predicted octanol–water partition coefficient (Wildman–Crippen LogP) is 4.70. The minimum atomic E-state index is -1.52. The number of hydrogen-bond donors (Lipinski definition) is 1. The van der Waals surface area contributed by atoms with Gasteiger partial charge in [-0.2, -0.15) is 5.10 Å². The Morgan fingerprint density at radius 3 is 2.05 bits per heavy atom. The SMILES string of the molecule is CC(=NNc1c(F)c(F)cc(F)c1F)c1ccc(C)c(C)c1. The average molecular weight is 310 g/mol. The summed E-state index contributed by atoms with van der Waals surface area (Å²) in [6, 6.07) is 5.68. The summed E-state index contributed by atoms with van der Waals surface area (Å²) in [4.78, 5) is 0. The van der Waals surface area contributed by atoms with Crippen LogP contribution in [0.3, 0.4) is 0 Å². The van der Waals surface area contributed by atoms with E-state index in [1.807, 2.05) is 26.0 Å². The van der Waals surface area contributed by atoms with Crippen LogP contribution >= 0.6 is 0 Å². The molecule has 22 heavy (non-hydrogen) atoms. The van der Waals surface area contributed by atoms with Crippen molar-refractivity contribution >= 4 is 11.4 Å². The van der Waals surface area contributed by atoms with E-state index in [9.17, 15) is 17.6 Å². The molecule has 0 atom stereocenters. The molecule has 0 aliphatic carbocycles. The van der Waals surface area contributed by atoms with Gasteiger partial charge in [-0.15, -0.1) is 0 Å². The summed E-state index contributed by atoms with van der Waals surface area (Å²) < 4.78 is 53.2. The second kappa shape index (κ2) is 6.17. The van der Waals surface area contributed by atoms with Crippen molar-refractivity contribution < 1.29 is 17.6 Å². The fourth-order valence-electron chi connectivity index (χ4n) is 1.84. The number of aryl methyl sites for hydroxylation is 2. The summed E-state index contributed by atoms with van der Waals surface area (Å²) in [7, 11) is 0. The van der Waals surface area contributed by atoms with Crippen molar-refractivity contribution in [2.24, 2.45) is 5.10 Å². The van der Waals surface area contributed by atoms with Crippen LogP contribution < -0.4 is 5.43 Å². The van der Waals surface area contributed by atoms with E-state index in [-0.39, 0.29) is 6.07 Å². The monoisotopic (exact) mass is 310 g/mol. The molecule has 0 saturated heterocycles. The summed E-state index contributed by atoms with van der Waals surface area (Å²) in [5.74, 6) is -6.01. The molecular weight excluding hydrogens is 296 g/mol. The zero-order chi connectivity index (χ0) is 16.4. The van der Waals surface area contributed by atoms with Gasteiger partial charge in [0.05, 0.1) is 5.71 Å². The molecule has 116 valence electrons. The minimum Gasteiger partial charge on any atom is -0.272 e. The van der Waals surface area contributed by atoms with Crippen LogP contribution in [0.2, 0.25) is 0 Å². The molecule has 0 aliphatic rings. The summed E-state index contributed by atoms with van der Waals surface area (Å²) in [6.07, 6.45) is 0. The van der Waals surface area contributed by atoms with E-state index in [1.165, 1.54) is 0 Å². The largest absolute Gasteiger partial charge is 0.272 e. The summed E-state index contributed by atoms with van der Waals surface area (Å²) in [6.45, 7) is 5.48. The maximum atomic E-state index is 13.5. The van der Waals surface area contributed by atoms with Crippen LogP contribution in [-0.4, -0.2) is 5.71 Å². The molecule has 0 amide bonds. The Morgan fingerprint density at radius 2 is 1.50 bits per heavy atom. The highest BCUT2D eigenvalue weighted by Gasteiger charge is 2.18. The molecule has 0 saturated carbocycles. The van der Waals surface area contributed by atoms with Gasteiger partial charge in [0.2, 0.25) is 0 Å². The van der Waals surface area contributed by atoms with E-state index < -0.39 is 29.0 Å². The van der Waals surface area contributed by atoms with Crippen molar-refractivity contribution in [1.82, 2.24) is 0 Å². The molecule has 1 N–H and O–H groups in total. The van der Waals surface area contributed by atoms with Crippen molar-refractivity contribution in [3.05, 3.63) is 64.2 Å². The third-order valence-corrected chi connectivity index (χ3v) is 3.37. The molecule has 6 heteroatoms. The Labute approximate surface area is 125 Å². The van der Waals surface area contributed by atoms with Gasteiger partial charge >= 0.3 is 0 Å². The molecular formula is C16H14F4N2. The Balaban J connectivity index is 2.34. The van der Waals surface area contributed by atoms with Gasteiger partial charge in [-0.3, -0.25) is 5.43 Å². The number of rotatable bonds is 3. The number of nitrogens with zero attached hydrogens (tertiary/aromatic N) is 1. The van der Waals surface area contributed by atoms with Gasteiger partial charge in [0.15, 0.2) is 23.3 Å². The fourth-order valence-corrected chi connectivity index (χ4v) is 1.84. The van der Waals surface area contributed by atoms with Gasteiger partial charge < -0.3 is 0 Å². The smallest absolute Gasteiger partial charge is 0.186 e. The first kappa shape index (κ1) is 16.0. The normalized spacial score (nSPS) is 11.7. The molecule has 2 aromatic rings. The third kappa shape index (κ3) is 3.10. The van der Waals surface area contributed by atoms with Gasteiger partial charge in [0, 0.05) is 6.07 Å². The van der Waals surface area contributed by atoms with E-state index in [4.69, 9.17) is 0 Å². The zero-order valence-corrected chi connectivity index (χ0v) is 12.3. The van der Waals surface area contributed by atoms with Gasteiger partial charge in [0.1, 0.15) is 5.69 Å². The molecule has 0 fully saturated rings. The lowest BCUT2D eigenvalue weighted by Gasteiger charge is -2.08. The minimum absolute atomic E-state index is 0.149. The molecule has 0 heterocycles. The summed E-state index contributed by atoms with van der Waals surface area (Å²) in [5.41, 5.74) is 4.37. The lowest BCUT2D eigenvalue weighted by atomic mass is 10.0. The van der Waals surface area contributed by atoms with Crippen LogP contribution in [0, 0.1) is 37.1 Å². The number of benzene rings is 2. The van der Waals surface area contributed by atoms with Crippen LogP contribution in [-0.2, 0) is 0 Å². The van der Waals surface area contributed by atoms with E-state index in [2.05, 4.69) is 10.5 Å². The fraction of sp³-hybridized carbons (Fsp3) is 0.188. The zero-order valence-electron chi connectivity index (χ0n) is 12.3. The van der Waals surface area contributed by atoms with Gasteiger partial charge in [-0.05, 0) is 43.5 Å². The molecule has 2 aromatic carbocycles. The first-order valence-electron chi connectivity index (χ1n) is 6.52. The molecule has 0 radical (unpaired) electrons. The van der Waals surface area contributed by atoms with Crippen LogP contribution in [0.5, 0.6) is 0 Å². The summed E-state index contributed by atoms with van der Waals surface area (Å²) >= 11 is 0. The highest BCUT2D eigenvalue weighted by molar-refractivity contribution is 5.99. The number of halogens is 4. The van der Waals surface area contributed by atoms with E-state index in [0.717, 1.165) is 16.7 Å². The van der Waals surface area contributed by atoms with Crippen LogP contribution in [0.1, 0.15) is 23.6 Å². The Hall–Kier alpha value is -2.37. The van der Waals surface area contributed by atoms with Crippen molar-refractivity contribution in [2.75, 3.05) is 5.43 Å². The molecule has 2 rings (SSSR count). The first-order valence-corrected chi connectivity index (χ1v) is 6.52. The molecule has 0 unspecified atom stereocenters. The van der Waals surface area contributed by atoms with E-state index in [1.54, 1.807) is 13.0 Å². The van der Waals surface area contributed by atoms with Crippen LogP contribution in [0.25, 0.3) is 0 Å². The maximum Gasteiger partial charge on any atom is 0.186 e. The van der Waals surface area contributed by atoms with Crippen molar-refractivity contribution in [1.29, 1.82) is 0 Å². The molecule has 0 bridgehead atoms. The number of hydrogen-bond acceptors (Lipinski definition) is 2. The Morgan fingerprint density at radius 1 is 0.909 bits per heavy atom. The van der Waals surface area contributed by atoms with Gasteiger partial charge in [-0.25, -0.2) is 17.6 Å². The second-order valence-electron chi connectivity index (χ2n) is 4.95. The lowest BCUT2D eigenvalue weighted by Crippen LogP contribution is -2.06. The topological polar surface area (TPSA) is 24.4 Å². The maximum absolute atomic E-state index is 13.5. The predicted molar refractivity (Wildman–Crippen MR) is 78.0 cm³/mol. The Bertz CT molecular complexity index is 728. The number of anilines is 1. The van der Waals surface area contributed by atoms with Crippen LogP contribution in [0.4, 0.5) is 23.2 Å². The number of nitrogens with one attached hydrogen (secondary N) is 1. The molecule has 2 nitrogen and oxygen atoms in total. The second-order valence-corrected chi connectivity index (χ2v) is 4.95. The summed E-state index contributed by atoms with van der Waals surface area (Å²) in [5, 5.41) is 3.79. The standard InChI is InChI=1S/C16H14F4N2/c1-8-4-5-11(6-9(8)2)10(3)21-22-16-14(19)12(17)7-13(18)15(16)20/h4-7,22H,1-3H3. The van der Waals surface area contributed by atoms with Gasteiger partial charge in [-0.1, -0.05) is 12.1 Å².